The monoisotopic (exact) mass is 288 g/mol. The molecule has 4 nitrogen and oxygen atoms in total. The SMILES string of the molecule is CCC(C)CC(CC)(CN)N(CCCOC)CCOC. The molecule has 4 heteroatoms. The topological polar surface area (TPSA) is 47.7 Å². The predicted molar refractivity (Wildman–Crippen MR) is 86.1 cm³/mol. The Bertz CT molecular complexity index is 221. The Labute approximate surface area is 126 Å². The van der Waals surface area contributed by atoms with Crippen LogP contribution in [0.25, 0.3) is 0 Å². The summed E-state index contributed by atoms with van der Waals surface area (Å²) in [7, 11) is 3.52. The molecule has 0 amide bonds. The standard InChI is InChI=1S/C16H36N2O2/c1-6-15(3)13-16(7-2,14-17)18(10-12-20-5)9-8-11-19-4/h15H,6-14,17H2,1-5H3. The van der Waals surface area contributed by atoms with Gasteiger partial charge in [0.2, 0.25) is 0 Å². The summed E-state index contributed by atoms with van der Waals surface area (Å²) in [5.41, 5.74) is 6.28. The second-order valence-electron chi connectivity index (χ2n) is 5.83. The van der Waals surface area contributed by atoms with Gasteiger partial charge in [-0.05, 0) is 25.2 Å². The molecule has 0 aromatic carbocycles. The molecule has 2 unspecified atom stereocenters. The van der Waals surface area contributed by atoms with Crippen LogP contribution in [-0.4, -0.2) is 57.5 Å². The van der Waals surface area contributed by atoms with E-state index in [4.69, 9.17) is 15.2 Å². The fourth-order valence-electron chi connectivity index (χ4n) is 2.83. The molecule has 0 aliphatic carbocycles. The molecule has 0 radical (unpaired) electrons. The highest BCUT2D eigenvalue weighted by atomic mass is 16.5. The predicted octanol–water partition coefficient (Wildman–Crippen LogP) is 2.52. The van der Waals surface area contributed by atoms with Gasteiger partial charge in [-0.1, -0.05) is 27.2 Å². The van der Waals surface area contributed by atoms with E-state index in [0.717, 1.165) is 45.6 Å². The minimum Gasteiger partial charge on any atom is -0.385 e. The quantitative estimate of drug-likeness (QED) is 0.529. The molecule has 0 aromatic heterocycles. The van der Waals surface area contributed by atoms with E-state index in [1.807, 2.05) is 0 Å². The first kappa shape index (κ1) is 19.8. The van der Waals surface area contributed by atoms with Crippen LogP contribution < -0.4 is 5.73 Å². The van der Waals surface area contributed by atoms with Crippen molar-refractivity contribution < 1.29 is 9.47 Å². The van der Waals surface area contributed by atoms with Gasteiger partial charge in [-0.2, -0.15) is 0 Å². The number of ether oxygens (including phenoxy) is 2. The molecule has 0 aliphatic rings. The van der Waals surface area contributed by atoms with Gasteiger partial charge in [0.15, 0.2) is 0 Å². The molecule has 0 fully saturated rings. The zero-order valence-corrected chi connectivity index (χ0v) is 14.3. The highest BCUT2D eigenvalue weighted by molar-refractivity contribution is 4.92. The lowest BCUT2D eigenvalue weighted by molar-refractivity contribution is 0.0332. The van der Waals surface area contributed by atoms with E-state index in [-0.39, 0.29) is 5.54 Å². The minimum absolute atomic E-state index is 0.0989. The van der Waals surface area contributed by atoms with Gasteiger partial charge in [-0.25, -0.2) is 0 Å². The molecular formula is C16H36N2O2. The molecule has 0 aromatic rings. The first-order valence-corrected chi connectivity index (χ1v) is 8.03. The third kappa shape index (κ3) is 6.53. The van der Waals surface area contributed by atoms with Crippen LogP contribution in [0.5, 0.6) is 0 Å². The van der Waals surface area contributed by atoms with Crippen LogP contribution in [0.1, 0.15) is 46.5 Å². The largest absolute Gasteiger partial charge is 0.385 e. The molecule has 0 bridgehead atoms. The van der Waals surface area contributed by atoms with Gasteiger partial charge < -0.3 is 15.2 Å². The van der Waals surface area contributed by atoms with Gasteiger partial charge in [0.1, 0.15) is 0 Å². The highest BCUT2D eigenvalue weighted by Crippen LogP contribution is 2.28. The normalized spacial score (nSPS) is 16.4. The number of methoxy groups -OCH3 is 2. The first-order chi connectivity index (χ1) is 9.60. The maximum absolute atomic E-state index is 6.18. The zero-order chi connectivity index (χ0) is 15.4. The molecule has 2 atom stereocenters. The fourth-order valence-corrected chi connectivity index (χ4v) is 2.83. The lowest BCUT2D eigenvalue weighted by atomic mass is 9.83. The average molecular weight is 288 g/mol. The van der Waals surface area contributed by atoms with E-state index in [1.54, 1.807) is 14.2 Å². The van der Waals surface area contributed by atoms with Crippen LogP contribution in [0.3, 0.4) is 0 Å². The van der Waals surface area contributed by atoms with Crippen molar-refractivity contribution in [2.75, 3.05) is 47.1 Å². The van der Waals surface area contributed by atoms with Gasteiger partial charge >= 0.3 is 0 Å². The summed E-state index contributed by atoms with van der Waals surface area (Å²) in [6, 6.07) is 0. The third-order valence-electron chi connectivity index (χ3n) is 4.48. The van der Waals surface area contributed by atoms with Crippen LogP contribution >= 0.6 is 0 Å². The van der Waals surface area contributed by atoms with E-state index < -0.39 is 0 Å². The second kappa shape index (κ2) is 11.5. The van der Waals surface area contributed by atoms with Crippen LogP contribution in [-0.2, 0) is 9.47 Å². The Morgan fingerprint density at radius 1 is 1.10 bits per heavy atom. The molecular weight excluding hydrogens is 252 g/mol. The van der Waals surface area contributed by atoms with Crippen LogP contribution in [0, 0.1) is 5.92 Å². The van der Waals surface area contributed by atoms with Crippen molar-refractivity contribution in [2.45, 2.75) is 52.0 Å². The van der Waals surface area contributed by atoms with Crippen LogP contribution in [0.4, 0.5) is 0 Å². The summed E-state index contributed by atoms with van der Waals surface area (Å²) in [6.07, 6.45) is 4.50. The minimum atomic E-state index is 0.0989. The Hall–Kier alpha value is -0.160. The van der Waals surface area contributed by atoms with E-state index in [2.05, 4.69) is 25.7 Å². The number of hydrogen-bond donors (Lipinski definition) is 1. The van der Waals surface area contributed by atoms with Crippen molar-refractivity contribution >= 4 is 0 Å². The summed E-state index contributed by atoms with van der Waals surface area (Å²) < 4.78 is 10.5. The van der Waals surface area contributed by atoms with Crippen molar-refractivity contribution in [3.05, 3.63) is 0 Å². The number of rotatable bonds is 13. The molecule has 0 heterocycles. The van der Waals surface area contributed by atoms with E-state index >= 15 is 0 Å². The molecule has 20 heavy (non-hydrogen) atoms. The third-order valence-corrected chi connectivity index (χ3v) is 4.48. The molecule has 0 saturated carbocycles. The van der Waals surface area contributed by atoms with Gasteiger partial charge in [0.05, 0.1) is 6.61 Å². The van der Waals surface area contributed by atoms with Gasteiger partial charge in [0, 0.05) is 46.0 Å². The molecule has 122 valence electrons. The van der Waals surface area contributed by atoms with Gasteiger partial charge in [0.25, 0.3) is 0 Å². The first-order valence-electron chi connectivity index (χ1n) is 8.03. The maximum Gasteiger partial charge on any atom is 0.0589 e. The average Bonchev–Trinajstić information content (AvgIpc) is 2.48. The molecule has 0 spiro atoms. The summed E-state index contributed by atoms with van der Waals surface area (Å²) in [6.45, 7) is 11.1. The van der Waals surface area contributed by atoms with E-state index in [0.29, 0.717) is 12.5 Å². The molecule has 0 rings (SSSR count). The number of hydrogen-bond acceptors (Lipinski definition) is 4. The Morgan fingerprint density at radius 3 is 2.20 bits per heavy atom. The number of nitrogens with two attached hydrogens (primary N) is 1. The smallest absolute Gasteiger partial charge is 0.0589 e. The van der Waals surface area contributed by atoms with Gasteiger partial charge in [-0.15, -0.1) is 0 Å². The highest BCUT2D eigenvalue weighted by Gasteiger charge is 2.34. The van der Waals surface area contributed by atoms with Crippen LogP contribution in [0.15, 0.2) is 0 Å². The summed E-state index contributed by atoms with van der Waals surface area (Å²) in [4.78, 5) is 2.53. The number of nitrogens with zero attached hydrogens (tertiary/aromatic N) is 1. The summed E-state index contributed by atoms with van der Waals surface area (Å²) in [5.74, 6) is 0.700. The molecule has 0 saturated heterocycles. The second-order valence-corrected chi connectivity index (χ2v) is 5.83. The van der Waals surface area contributed by atoms with Crippen molar-refractivity contribution in [3.63, 3.8) is 0 Å². The van der Waals surface area contributed by atoms with Gasteiger partial charge in [-0.3, -0.25) is 4.90 Å². The Kier molecular flexibility index (Phi) is 11.4. The maximum atomic E-state index is 6.18. The summed E-state index contributed by atoms with van der Waals surface area (Å²) >= 11 is 0. The summed E-state index contributed by atoms with van der Waals surface area (Å²) in [5, 5.41) is 0. The van der Waals surface area contributed by atoms with Crippen molar-refractivity contribution in [3.8, 4) is 0 Å². The van der Waals surface area contributed by atoms with E-state index in [9.17, 15) is 0 Å². The van der Waals surface area contributed by atoms with Crippen molar-refractivity contribution in [1.82, 2.24) is 4.90 Å². The Balaban J connectivity index is 4.85. The lowest BCUT2D eigenvalue weighted by Crippen LogP contribution is -2.55. The fraction of sp³-hybridized carbons (Fsp3) is 1.00. The van der Waals surface area contributed by atoms with Crippen molar-refractivity contribution in [1.29, 1.82) is 0 Å². The Morgan fingerprint density at radius 2 is 1.75 bits per heavy atom. The van der Waals surface area contributed by atoms with E-state index in [1.165, 1.54) is 6.42 Å². The molecule has 0 aliphatic heterocycles. The van der Waals surface area contributed by atoms with Crippen molar-refractivity contribution in [2.24, 2.45) is 11.7 Å². The zero-order valence-electron chi connectivity index (χ0n) is 14.3. The lowest BCUT2D eigenvalue weighted by Gasteiger charge is -2.44. The van der Waals surface area contributed by atoms with Crippen LogP contribution in [0.2, 0.25) is 0 Å². The molecule has 2 N–H and O–H groups in total.